The Morgan fingerprint density at radius 2 is 2.11 bits per heavy atom. The van der Waals surface area contributed by atoms with Crippen LogP contribution in [0.5, 0.6) is 0 Å². The molecule has 1 saturated heterocycles. The van der Waals surface area contributed by atoms with Crippen LogP contribution >= 0.6 is 0 Å². The molecule has 2 aliphatic rings. The van der Waals surface area contributed by atoms with Crippen LogP contribution in [0.2, 0.25) is 0 Å². The summed E-state index contributed by atoms with van der Waals surface area (Å²) in [6.07, 6.45) is 3.82. The molecule has 0 radical (unpaired) electrons. The molecule has 2 fully saturated rings. The second kappa shape index (κ2) is 6.30. The van der Waals surface area contributed by atoms with Gasteiger partial charge in [-0.05, 0) is 19.9 Å². The molecule has 5 nitrogen and oxygen atoms in total. The highest BCUT2D eigenvalue weighted by Crippen LogP contribution is 2.36. The number of ether oxygens (including phenoxy) is 3. The summed E-state index contributed by atoms with van der Waals surface area (Å²) in [6.45, 7) is 3.23. The van der Waals surface area contributed by atoms with Crippen molar-refractivity contribution in [3.8, 4) is 0 Å². The van der Waals surface area contributed by atoms with Gasteiger partial charge in [-0.2, -0.15) is 0 Å². The van der Waals surface area contributed by atoms with Gasteiger partial charge in [0.2, 0.25) is 0 Å². The standard InChI is InChI=1S/C13H26N2O3/c1-15(6-3-7-16-2)12-10-13(5-4-11(12)14)17-8-9-18-13/h11-12H,3-10,14H2,1-2H3. The van der Waals surface area contributed by atoms with Crippen molar-refractivity contribution in [1.29, 1.82) is 0 Å². The molecule has 2 unspecified atom stereocenters. The Kier molecular flexibility index (Phi) is 4.98. The summed E-state index contributed by atoms with van der Waals surface area (Å²) in [5.74, 6) is -0.351. The van der Waals surface area contributed by atoms with Crippen molar-refractivity contribution in [2.45, 2.75) is 43.6 Å². The molecule has 2 N–H and O–H groups in total. The van der Waals surface area contributed by atoms with Crippen LogP contribution in [0, 0.1) is 0 Å². The average molecular weight is 258 g/mol. The molecule has 0 amide bonds. The molecule has 2 atom stereocenters. The molecule has 0 aromatic rings. The van der Waals surface area contributed by atoms with Gasteiger partial charge >= 0.3 is 0 Å². The number of nitrogens with two attached hydrogens (primary N) is 1. The van der Waals surface area contributed by atoms with Gasteiger partial charge in [-0.25, -0.2) is 0 Å². The van der Waals surface area contributed by atoms with Gasteiger partial charge in [-0.3, -0.25) is 0 Å². The number of hydrogen-bond acceptors (Lipinski definition) is 5. The Bertz CT molecular complexity index is 257. The smallest absolute Gasteiger partial charge is 0.170 e. The maximum absolute atomic E-state index is 6.25. The minimum atomic E-state index is -0.351. The first kappa shape index (κ1) is 14.2. The third-order valence-electron chi connectivity index (χ3n) is 4.11. The molecule has 106 valence electrons. The molecule has 1 aliphatic carbocycles. The fraction of sp³-hybridized carbons (Fsp3) is 1.00. The molecule has 1 saturated carbocycles. The lowest BCUT2D eigenvalue weighted by Gasteiger charge is -2.43. The van der Waals surface area contributed by atoms with Crippen LogP contribution in [-0.4, -0.2) is 63.3 Å². The van der Waals surface area contributed by atoms with Gasteiger partial charge in [0, 0.05) is 45.2 Å². The summed E-state index contributed by atoms with van der Waals surface area (Å²) in [7, 11) is 3.87. The van der Waals surface area contributed by atoms with Crippen molar-refractivity contribution in [2.24, 2.45) is 5.73 Å². The van der Waals surface area contributed by atoms with Crippen molar-refractivity contribution in [3.63, 3.8) is 0 Å². The zero-order valence-corrected chi connectivity index (χ0v) is 11.6. The van der Waals surface area contributed by atoms with Crippen LogP contribution in [0.1, 0.15) is 25.7 Å². The maximum Gasteiger partial charge on any atom is 0.170 e. The lowest BCUT2D eigenvalue weighted by atomic mass is 9.85. The van der Waals surface area contributed by atoms with Crippen LogP contribution in [-0.2, 0) is 14.2 Å². The summed E-state index contributed by atoms with van der Waals surface area (Å²) in [5, 5.41) is 0. The lowest BCUT2D eigenvalue weighted by molar-refractivity contribution is -0.190. The summed E-state index contributed by atoms with van der Waals surface area (Å²) in [6, 6.07) is 0.560. The Hall–Kier alpha value is -0.200. The molecular formula is C13H26N2O3. The summed E-state index contributed by atoms with van der Waals surface area (Å²) in [4.78, 5) is 2.33. The molecule has 1 aliphatic heterocycles. The van der Waals surface area contributed by atoms with E-state index in [4.69, 9.17) is 19.9 Å². The SMILES string of the molecule is COCCCN(C)C1CC2(CCC1N)OCCO2. The van der Waals surface area contributed by atoms with E-state index in [1.54, 1.807) is 7.11 Å². The minimum absolute atomic E-state index is 0.218. The maximum atomic E-state index is 6.25. The zero-order valence-electron chi connectivity index (χ0n) is 11.6. The van der Waals surface area contributed by atoms with E-state index in [0.29, 0.717) is 6.04 Å². The molecule has 0 bridgehead atoms. The van der Waals surface area contributed by atoms with Gasteiger partial charge in [0.25, 0.3) is 0 Å². The molecule has 1 heterocycles. The third-order valence-corrected chi connectivity index (χ3v) is 4.11. The predicted molar refractivity (Wildman–Crippen MR) is 69.4 cm³/mol. The van der Waals surface area contributed by atoms with E-state index in [0.717, 1.165) is 52.0 Å². The molecule has 0 aromatic heterocycles. The van der Waals surface area contributed by atoms with E-state index in [1.165, 1.54) is 0 Å². The highest BCUT2D eigenvalue weighted by molar-refractivity contribution is 4.94. The van der Waals surface area contributed by atoms with Crippen LogP contribution < -0.4 is 5.73 Å². The number of methoxy groups -OCH3 is 1. The van der Waals surface area contributed by atoms with E-state index in [1.807, 2.05) is 0 Å². The van der Waals surface area contributed by atoms with E-state index < -0.39 is 0 Å². The van der Waals surface area contributed by atoms with E-state index in [2.05, 4.69) is 11.9 Å². The van der Waals surface area contributed by atoms with Crippen molar-refractivity contribution in [1.82, 2.24) is 4.90 Å². The number of nitrogens with zero attached hydrogens (tertiary/aromatic N) is 1. The molecule has 5 heteroatoms. The molecule has 1 spiro atoms. The van der Waals surface area contributed by atoms with Gasteiger partial charge in [0.05, 0.1) is 13.2 Å². The highest BCUT2D eigenvalue weighted by Gasteiger charge is 2.45. The predicted octanol–water partition coefficient (Wildman–Crippen LogP) is 0.578. The first-order chi connectivity index (χ1) is 8.67. The third kappa shape index (κ3) is 3.22. The Balaban J connectivity index is 1.88. The number of hydrogen-bond donors (Lipinski definition) is 1. The van der Waals surface area contributed by atoms with Crippen LogP contribution in [0.15, 0.2) is 0 Å². The topological polar surface area (TPSA) is 57.0 Å². The van der Waals surface area contributed by atoms with Gasteiger partial charge in [0.1, 0.15) is 0 Å². The number of likely N-dealkylation sites (N-methyl/N-ethyl adjacent to an activating group) is 1. The van der Waals surface area contributed by atoms with Gasteiger partial charge in [-0.1, -0.05) is 0 Å². The van der Waals surface area contributed by atoms with E-state index >= 15 is 0 Å². The van der Waals surface area contributed by atoms with Crippen LogP contribution in [0.25, 0.3) is 0 Å². The van der Waals surface area contributed by atoms with Gasteiger partial charge in [-0.15, -0.1) is 0 Å². The first-order valence-electron chi connectivity index (χ1n) is 6.89. The fourth-order valence-electron chi connectivity index (χ4n) is 3.02. The Morgan fingerprint density at radius 3 is 2.78 bits per heavy atom. The highest BCUT2D eigenvalue weighted by atomic mass is 16.7. The Morgan fingerprint density at radius 1 is 1.39 bits per heavy atom. The normalized spacial score (nSPS) is 31.3. The van der Waals surface area contributed by atoms with Crippen molar-refractivity contribution in [2.75, 3.05) is 40.5 Å². The first-order valence-corrected chi connectivity index (χ1v) is 6.89. The molecule has 2 rings (SSSR count). The molecular weight excluding hydrogens is 232 g/mol. The van der Waals surface area contributed by atoms with Crippen molar-refractivity contribution in [3.05, 3.63) is 0 Å². The molecule has 0 aromatic carbocycles. The fourth-order valence-corrected chi connectivity index (χ4v) is 3.02. The quantitative estimate of drug-likeness (QED) is 0.731. The van der Waals surface area contributed by atoms with Crippen molar-refractivity contribution < 1.29 is 14.2 Å². The Labute approximate surface area is 110 Å². The minimum Gasteiger partial charge on any atom is -0.385 e. The van der Waals surface area contributed by atoms with Gasteiger partial charge < -0.3 is 24.8 Å². The summed E-state index contributed by atoms with van der Waals surface area (Å²) in [5.41, 5.74) is 6.25. The largest absolute Gasteiger partial charge is 0.385 e. The van der Waals surface area contributed by atoms with Crippen molar-refractivity contribution >= 4 is 0 Å². The van der Waals surface area contributed by atoms with Crippen LogP contribution in [0.4, 0.5) is 0 Å². The monoisotopic (exact) mass is 258 g/mol. The average Bonchev–Trinajstić information content (AvgIpc) is 2.81. The number of rotatable bonds is 5. The van der Waals surface area contributed by atoms with E-state index in [-0.39, 0.29) is 11.8 Å². The second-order valence-corrected chi connectivity index (χ2v) is 5.41. The summed E-state index contributed by atoms with van der Waals surface area (Å²) < 4.78 is 16.7. The van der Waals surface area contributed by atoms with E-state index in [9.17, 15) is 0 Å². The second-order valence-electron chi connectivity index (χ2n) is 5.41. The molecule has 18 heavy (non-hydrogen) atoms. The zero-order chi connectivity index (χ0) is 13.0. The van der Waals surface area contributed by atoms with Crippen LogP contribution in [0.3, 0.4) is 0 Å². The van der Waals surface area contributed by atoms with Gasteiger partial charge in [0.15, 0.2) is 5.79 Å². The lowest BCUT2D eigenvalue weighted by Crippen LogP contribution is -2.55. The summed E-state index contributed by atoms with van der Waals surface area (Å²) >= 11 is 0.